The maximum Gasteiger partial charge on any atom is 0.251 e. The van der Waals surface area contributed by atoms with E-state index in [0.717, 1.165) is 41.0 Å². The van der Waals surface area contributed by atoms with Gasteiger partial charge in [-0.15, -0.1) is 0 Å². The first-order valence-corrected chi connectivity index (χ1v) is 17.1. The molecule has 1 aliphatic carbocycles. The van der Waals surface area contributed by atoms with E-state index in [-0.39, 0.29) is 30.8 Å². The van der Waals surface area contributed by atoms with Crippen LogP contribution in [0, 0.1) is 24.1 Å². The van der Waals surface area contributed by atoms with E-state index in [2.05, 4.69) is 31.8 Å². The van der Waals surface area contributed by atoms with Gasteiger partial charge >= 0.3 is 0 Å². The number of benzene rings is 2. The largest absolute Gasteiger partial charge is 0.377 e. The van der Waals surface area contributed by atoms with Crippen LogP contribution < -0.4 is 5.32 Å². The van der Waals surface area contributed by atoms with Crippen LogP contribution in [-0.2, 0) is 9.53 Å². The van der Waals surface area contributed by atoms with Crippen LogP contribution in [0.15, 0.2) is 90.1 Å². The number of ether oxygens (including phenoxy) is 1. The summed E-state index contributed by atoms with van der Waals surface area (Å²) in [6.07, 6.45) is 14.1. The number of Topliss-reactive ketones (excluding diaryl/α,β-unsaturated/α-hetero) is 1. The molecule has 8 heteroatoms. The Morgan fingerprint density at radius 2 is 1.51 bits per heavy atom. The van der Waals surface area contributed by atoms with Crippen LogP contribution in [0.2, 0.25) is 0 Å². The molecular weight excluding hydrogens is 625 g/mol. The fourth-order valence-electron chi connectivity index (χ4n) is 4.83. The van der Waals surface area contributed by atoms with Crippen molar-refractivity contribution in [1.82, 2.24) is 5.32 Å². The van der Waals surface area contributed by atoms with E-state index >= 15 is 0 Å². The minimum Gasteiger partial charge on any atom is -0.377 e. The molecule has 0 radical (unpaired) electrons. The van der Waals surface area contributed by atoms with Gasteiger partial charge < -0.3 is 15.5 Å². The Morgan fingerprint density at radius 3 is 2.02 bits per heavy atom. The predicted molar refractivity (Wildman–Crippen MR) is 199 cm³/mol. The molecule has 49 heavy (non-hydrogen) atoms. The summed E-state index contributed by atoms with van der Waals surface area (Å²) < 4.78 is 39.5. The minimum absolute atomic E-state index is 0.0542. The zero-order chi connectivity index (χ0) is 37.0. The van der Waals surface area contributed by atoms with Gasteiger partial charge in [0.05, 0.1) is 25.6 Å². The summed E-state index contributed by atoms with van der Waals surface area (Å²) in [5, 5.41) is 11.0. The van der Waals surface area contributed by atoms with Crippen LogP contribution in [0.3, 0.4) is 0 Å². The monoisotopic (exact) mass is 682 g/mol. The van der Waals surface area contributed by atoms with E-state index in [0.29, 0.717) is 24.4 Å². The number of nitrogens with one attached hydrogen (secondary N) is 2. The van der Waals surface area contributed by atoms with E-state index in [4.69, 9.17) is 10.1 Å². The lowest BCUT2D eigenvalue weighted by Crippen LogP contribution is -2.30. The number of carbonyl (C=O) groups excluding carboxylic acids is 2. The summed E-state index contributed by atoms with van der Waals surface area (Å²) in [7, 11) is 0. The molecule has 5 nitrogen and oxygen atoms in total. The Kier molecular flexibility index (Phi) is 25.6. The van der Waals surface area contributed by atoms with Crippen molar-refractivity contribution in [3.63, 3.8) is 0 Å². The van der Waals surface area contributed by atoms with E-state index in [1.807, 2.05) is 38.1 Å². The molecule has 0 fully saturated rings. The van der Waals surface area contributed by atoms with Crippen LogP contribution >= 0.6 is 0 Å². The molecular formula is C41H57F3N2O3. The molecule has 0 saturated heterocycles. The Bertz CT molecular complexity index is 1340. The van der Waals surface area contributed by atoms with Crippen LogP contribution in [0.25, 0.3) is 6.08 Å². The highest BCUT2D eigenvalue weighted by atomic mass is 19.1. The second-order valence-corrected chi connectivity index (χ2v) is 11.4. The first-order chi connectivity index (χ1) is 23.5. The van der Waals surface area contributed by atoms with E-state index in [9.17, 15) is 22.8 Å². The van der Waals surface area contributed by atoms with Gasteiger partial charge in [-0.05, 0) is 87.4 Å². The van der Waals surface area contributed by atoms with Gasteiger partial charge in [-0.1, -0.05) is 100 Å². The van der Waals surface area contributed by atoms with Gasteiger partial charge in [0.15, 0.2) is 5.78 Å². The number of hydrogen-bond acceptors (Lipinski definition) is 4. The van der Waals surface area contributed by atoms with Crippen LogP contribution in [0.4, 0.5) is 13.2 Å². The zero-order valence-electron chi connectivity index (χ0n) is 30.3. The minimum atomic E-state index is -0.519. The lowest BCUT2D eigenvalue weighted by atomic mass is 9.88. The van der Waals surface area contributed by atoms with Crippen LogP contribution in [0.5, 0.6) is 0 Å². The van der Waals surface area contributed by atoms with Gasteiger partial charge in [-0.2, -0.15) is 0 Å². The van der Waals surface area contributed by atoms with Crippen molar-refractivity contribution in [1.29, 1.82) is 5.41 Å². The summed E-state index contributed by atoms with van der Waals surface area (Å²) in [4.78, 5) is 23.2. The standard InChI is InChI=1S/C22H35FN2O2.C9H10O.C8H7F.C2H5F/c1-4-7-18(8-5-2)9-6-10-19-17(3)20(11-12-21(19)24)22(26)25-14-16-27-15-13-23;1-7-3-5-9(6-4-7)8(2)10;1-2-7-3-5-8(9)6-4-7;1-2-3/h10-12,18,24H,4-9,13-16H2,1-3H3,(H,25,26);3-6H,1-2H3;2-6H,1H2;2H2,1H3/b19-10-,24-21?;;;. The molecule has 0 heterocycles. The molecule has 0 atom stereocenters. The molecule has 1 amide bonds. The lowest BCUT2D eigenvalue weighted by molar-refractivity contribution is -0.117. The highest BCUT2D eigenvalue weighted by Crippen LogP contribution is 2.25. The molecule has 0 spiro atoms. The third-order valence-corrected chi connectivity index (χ3v) is 7.39. The number of allylic oxidation sites excluding steroid dienone is 4. The van der Waals surface area contributed by atoms with Gasteiger partial charge in [0.1, 0.15) is 12.5 Å². The van der Waals surface area contributed by atoms with Crippen molar-refractivity contribution in [3.8, 4) is 0 Å². The molecule has 0 aliphatic heterocycles. The smallest absolute Gasteiger partial charge is 0.251 e. The highest BCUT2D eigenvalue weighted by molar-refractivity contribution is 6.14. The number of hydrogen-bond donors (Lipinski definition) is 2. The van der Waals surface area contributed by atoms with Gasteiger partial charge in [0.25, 0.3) is 5.91 Å². The molecule has 2 aromatic rings. The van der Waals surface area contributed by atoms with E-state index in [1.165, 1.54) is 50.3 Å². The number of carbonyl (C=O) groups is 2. The third-order valence-electron chi connectivity index (χ3n) is 7.39. The molecule has 0 aromatic heterocycles. The first-order valence-electron chi connectivity index (χ1n) is 17.1. The number of halogens is 3. The molecule has 270 valence electrons. The van der Waals surface area contributed by atoms with Gasteiger partial charge in [0, 0.05) is 17.7 Å². The Morgan fingerprint density at radius 1 is 0.918 bits per heavy atom. The fourth-order valence-corrected chi connectivity index (χ4v) is 4.83. The van der Waals surface area contributed by atoms with E-state index < -0.39 is 6.67 Å². The lowest BCUT2D eigenvalue weighted by Gasteiger charge is -2.18. The van der Waals surface area contributed by atoms with Crippen molar-refractivity contribution in [3.05, 3.63) is 113 Å². The number of alkyl halides is 2. The maximum atomic E-state index is 12.4. The van der Waals surface area contributed by atoms with Crippen molar-refractivity contribution < 1.29 is 27.5 Å². The molecule has 0 saturated carbocycles. The van der Waals surface area contributed by atoms with Gasteiger partial charge in [-0.3, -0.25) is 14.0 Å². The number of amides is 1. The fraction of sp³-hybridized carbons (Fsp3) is 0.439. The Hall–Kier alpha value is -4.04. The Balaban J connectivity index is 0.000000841. The molecule has 2 aromatic carbocycles. The SMILES string of the molecule is C=Cc1ccc(F)cc1.CC(=O)c1ccc(C)cc1.CCCC(CCC)CC/C=C1\C(=N)C=CC(C(=O)NCCOCCF)=C1C.CCF. The van der Waals surface area contributed by atoms with Crippen LogP contribution in [0.1, 0.15) is 94.6 Å². The van der Waals surface area contributed by atoms with Crippen LogP contribution in [-0.4, -0.2) is 50.5 Å². The Labute approximate surface area is 292 Å². The van der Waals surface area contributed by atoms with E-state index in [1.54, 1.807) is 37.3 Å². The first kappa shape index (κ1) is 45.0. The summed E-state index contributed by atoms with van der Waals surface area (Å²) >= 11 is 0. The number of ketones is 1. The summed E-state index contributed by atoms with van der Waals surface area (Å²) in [6, 6.07) is 13.8. The zero-order valence-corrected chi connectivity index (χ0v) is 30.3. The topological polar surface area (TPSA) is 79.2 Å². The number of aryl methyl sites for hydroxylation is 1. The molecule has 0 unspecified atom stereocenters. The molecule has 2 N–H and O–H groups in total. The van der Waals surface area contributed by atoms with Crippen molar-refractivity contribution >= 4 is 23.5 Å². The maximum absolute atomic E-state index is 12.4. The summed E-state index contributed by atoms with van der Waals surface area (Å²) in [5.41, 5.74) is 5.64. The molecule has 1 aliphatic rings. The van der Waals surface area contributed by atoms with Crippen molar-refractivity contribution in [2.75, 3.05) is 33.1 Å². The second-order valence-electron chi connectivity index (χ2n) is 11.4. The number of rotatable bonds is 15. The van der Waals surface area contributed by atoms with Crippen molar-refractivity contribution in [2.45, 2.75) is 80.1 Å². The average Bonchev–Trinajstić information content (AvgIpc) is 3.08. The summed E-state index contributed by atoms with van der Waals surface area (Å²) in [5.74, 6) is 0.475. The average molecular weight is 683 g/mol. The van der Waals surface area contributed by atoms with Gasteiger partial charge in [-0.25, -0.2) is 8.78 Å². The highest BCUT2D eigenvalue weighted by Gasteiger charge is 2.19. The molecule has 0 bridgehead atoms. The van der Waals surface area contributed by atoms with Gasteiger partial charge in [0.2, 0.25) is 0 Å². The van der Waals surface area contributed by atoms with Crippen molar-refractivity contribution in [2.24, 2.45) is 5.92 Å². The third kappa shape index (κ3) is 20.2. The predicted octanol–water partition coefficient (Wildman–Crippen LogP) is 10.6. The summed E-state index contributed by atoms with van der Waals surface area (Å²) in [6.45, 7) is 14.8. The molecule has 3 rings (SSSR count). The second kappa shape index (κ2) is 27.9. The normalized spacial score (nSPS) is 12.7. The quantitative estimate of drug-likeness (QED) is 0.145.